The zero-order valence-electron chi connectivity index (χ0n) is 10.7. The number of nitrogens with two attached hydrogens (primary N) is 1. The Kier molecular flexibility index (Phi) is 2.99. The SMILES string of the molecule is CCCCC(N)C1C2CC3CC(C2)CC1C3. The first kappa shape index (κ1) is 11.1. The molecule has 0 aromatic heterocycles. The zero-order valence-corrected chi connectivity index (χ0v) is 10.7. The van der Waals surface area contributed by atoms with Crippen LogP contribution in [-0.4, -0.2) is 6.04 Å². The third-order valence-corrected chi connectivity index (χ3v) is 5.69. The van der Waals surface area contributed by atoms with Gasteiger partial charge in [0.15, 0.2) is 0 Å². The predicted octanol–water partition coefficient (Wildman–Crippen LogP) is 3.58. The van der Waals surface area contributed by atoms with E-state index in [0.29, 0.717) is 6.04 Å². The maximum atomic E-state index is 6.49. The summed E-state index contributed by atoms with van der Waals surface area (Å²) in [5.74, 6) is 5.12. The van der Waals surface area contributed by atoms with Gasteiger partial charge in [-0.25, -0.2) is 0 Å². The molecule has 0 aromatic carbocycles. The quantitative estimate of drug-likeness (QED) is 0.771. The topological polar surface area (TPSA) is 26.0 Å². The van der Waals surface area contributed by atoms with Gasteiger partial charge in [-0.1, -0.05) is 19.8 Å². The molecule has 0 heterocycles. The second-order valence-electron chi connectivity index (χ2n) is 6.81. The Hall–Kier alpha value is -0.0400. The molecule has 0 amide bonds. The van der Waals surface area contributed by atoms with Crippen molar-refractivity contribution in [2.75, 3.05) is 0 Å². The van der Waals surface area contributed by atoms with Gasteiger partial charge in [-0.2, -0.15) is 0 Å². The first-order chi connectivity index (χ1) is 7.78. The monoisotopic (exact) mass is 221 g/mol. The number of hydrogen-bond donors (Lipinski definition) is 1. The first-order valence-electron chi connectivity index (χ1n) is 7.53. The van der Waals surface area contributed by atoms with Gasteiger partial charge < -0.3 is 5.73 Å². The molecule has 1 unspecified atom stereocenters. The Balaban J connectivity index is 1.67. The molecule has 0 aliphatic heterocycles. The predicted molar refractivity (Wildman–Crippen MR) is 68.0 cm³/mol. The maximum absolute atomic E-state index is 6.49. The van der Waals surface area contributed by atoms with Crippen LogP contribution in [0.25, 0.3) is 0 Å². The van der Waals surface area contributed by atoms with E-state index in [-0.39, 0.29) is 0 Å². The molecule has 4 aliphatic rings. The lowest BCUT2D eigenvalue weighted by atomic mass is 9.50. The average molecular weight is 221 g/mol. The third kappa shape index (κ3) is 1.81. The molecule has 1 heteroatoms. The van der Waals surface area contributed by atoms with Gasteiger partial charge in [0.25, 0.3) is 0 Å². The van der Waals surface area contributed by atoms with Crippen LogP contribution in [0.1, 0.15) is 58.3 Å². The fourth-order valence-electron chi connectivity index (χ4n) is 5.30. The van der Waals surface area contributed by atoms with Gasteiger partial charge >= 0.3 is 0 Å². The van der Waals surface area contributed by atoms with Crippen molar-refractivity contribution in [2.45, 2.75) is 64.3 Å². The maximum Gasteiger partial charge on any atom is 0.00724 e. The van der Waals surface area contributed by atoms with Gasteiger partial charge in [0.2, 0.25) is 0 Å². The second kappa shape index (κ2) is 4.33. The fraction of sp³-hybridized carbons (Fsp3) is 1.00. The molecule has 4 aliphatic carbocycles. The third-order valence-electron chi connectivity index (χ3n) is 5.69. The summed E-state index contributed by atoms with van der Waals surface area (Å²) >= 11 is 0. The zero-order chi connectivity index (χ0) is 11.1. The summed E-state index contributed by atoms with van der Waals surface area (Å²) in [7, 11) is 0. The number of rotatable bonds is 4. The van der Waals surface area contributed by atoms with E-state index in [0.717, 1.165) is 29.6 Å². The van der Waals surface area contributed by atoms with Crippen molar-refractivity contribution in [1.82, 2.24) is 0 Å². The molecular formula is C15H27N. The second-order valence-corrected chi connectivity index (χ2v) is 6.81. The van der Waals surface area contributed by atoms with E-state index in [2.05, 4.69) is 6.92 Å². The Bertz CT molecular complexity index is 220. The van der Waals surface area contributed by atoms with Crippen LogP contribution in [-0.2, 0) is 0 Å². The van der Waals surface area contributed by atoms with Crippen molar-refractivity contribution in [3.63, 3.8) is 0 Å². The lowest BCUT2D eigenvalue weighted by molar-refractivity contribution is -0.0477. The molecule has 4 fully saturated rings. The summed E-state index contributed by atoms with van der Waals surface area (Å²) in [6.45, 7) is 2.28. The molecule has 4 saturated carbocycles. The Morgan fingerprint density at radius 3 is 2.06 bits per heavy atom. The lowest BCUT2D eigenvalue weighted by Gasteiger charge is -2.56. The van der Waals surface area contributed by atoms with E-state index in [1.807, 2.05) is 0 Å². The molecule has 4 rings (SSSR count). The molecule has 1 nitrogen and oxygen atoms in total. The number of hydrogen-bond acceptors (Lipinski definition) is 1. The van der Waals surface area contributed by atoms with Crippen LogP contribution < -0.4 is 5.73 Å². The highest BCUT2D eigenvalue weighted by atomic mass is 14.7. The normalized spacial score (nSPS) is 47.2. The summed E-state index contributed by atoms with van der Waals surface area (Å²) in [6, 6.07) is 0.523. The van der Waals surface area contributed by atoms with E-state index in [9.17, 15) is 0 Å². The van der Waals surface area contributed by atoms with Gasteiger partial charge in [0, 0.05) is 6.04 Å². The standard InChI is InChI=1S/C15H27N/c1-2-3-4-14(16)15-12-6-10-5-11(8-12)9-13(15)7-10/h10-15H,2-9,16H2,1H3. The van der Waals surface area contributed by atoms with Crippen molar-refractivity contribution in [1.29, 1.82) is 0 Å². The average Bonchev–Trinajstić information content (AvgIpc) is 2.24. The highest BCUT2D eigenvalue weighted by Gasteiger charge is 2.49. The van der Waals surface area contributed by atoms with E-state index in [4.69, 9.17) is 5.73 Å². The van der Waals surface area contributed by atoms with Crippen LogP contribution in [0.3, 0.4) is 0 Å². The van der Waals surface area contributed by atoms with Gasteiger partial charge in [0.1, 0.15) is 0 Å². The van der Waals surface area contributed by atoms with Gasteiger partial charge in [-0.15, -0.1) is 0 Å². The van der Waals surface area contributed by atoms with Crippen LogP contribution in [0.2, 0.25) is 0 Å². The lowest BCUT2D eigenvalue weighted by Crippen LogP contribution is -2.51. The van der Waals surface area contributed by atoms with Crippen LogP contribution in [0, 0.1) is 29.6 Å². The summed E-state index contributed by atoms with van der Waals surface area (Å²) < 4.78 is 0. The van der Waals surface area contributed by atoms with E-state index >= 15 is 0 Å². The van der Waals surface area contributed by atoms with Crippen molar-refractivity contribution < 1.29 is 0 Å². The Morgan fingerprint density at radius 1 is 1.00 bits per heavy atom. The molecule has 0 spiro atoms. The minimum Gasteiger partial charge on any atom is -0.327 e. The minimum absolute atomic E-state index is 0.523. The molecule has 0 saturated heterocycles. The van der Waals surface area contributed by atoms with Crippen molar-refractivity contribution in [3.05, 3.63) is 0 Å². The summed E-state index contributed by atoms with van der Waals surface area (Å²) in [5.41, 5.74) is 6.49. The van der Waals surface area contributed by atoms with Crippen LogP contribution in [0.15, 0.2) is 0 Å². The highest BCUT2D eigenvalue weighted by Crippen LogP contribution is 2.57. The molecule has 92 valence electrons. The minimum atomic E-state index is 0.523. The first-order valence-corrected chi connectivity index (χ1v) is 7.53. The molecule has 2 N–H and O–H groups in total. The van der Waals surface area contributed by atoms with E-state index in [1.54, 1.807) is 6.42 Å². The van der Waals surface area contributed by atoms with Crippen molar-refractivity contribution in [3.8, 4) is 0 Å². The molecule has 4 bridgehead atoms. The van der Waals surface area contributed by atoms with Crippen molar-refractivity contribution in [2.24, 2.45) is 35.3 Å². The largest absolute Gasteiger partial charge is 0.327 e. The van der Waals surface area contributed by atoms with Gasteiger partial charge in [-0.05, 0) is 68.1 Å². The van der Waals surface area contributed by atoms with Gasteiger partial charge in [-0.3, -0.25) is 0 Å². The fourth-order valence-corrected chi connectivity index (χ4v) is 5.30. The summed E-state index contributed by atoms with van der Waals surface area (Å²) in [4.78, 5) is 0. The molecule has 0 aromatic rings. The van der Waals surface area contributed by atoms with Crippen LogP contribution in [0.5, 0.6) is 0 Å². The Labute approximate surface area is 100 Å². The summed E-state index contributed by atoms with van der Waals surface area (Å²) in [5, 5.41) is 0. The highest BCUT2D eigenvalue weighted by molar-refractivity contribution is 5.00. The van der Waals surface area contributed by atoms with Gasteiger partial charge in [0.05, 0.1) is 0 Å². The smallest absolute Gasteiger partial charge is 0.00724 e. The van der Waals surface area contributed by atoms with Crippen molar-refractivity contribution >= 4 is 0 Å². The molecular weight excluding hydrogens is 194 g/mol. The van der Waals surface area contributed by atoms with E-state index < -0.39 is 0 Å². The Morgan fingerprint density at radius 2 is 1.56 bits per heavy atom. The summed E-state index contributed by atoms with van der Waals surface area (Å²) in [6.07, 6.45) is 11.6. The van der Waals surface area contributed by atoms with E-state index in [1.165, 1.54) is 44.9 Å². The molecule has 1 atom stereocenters. The van der Waals surface area contributed by atoms with Crippen LogP contribution in [0.4, 0.5) is 0 Å². The van der Waals surface area contributed by atoms with Crippen LogP contribution >= 0.6 is 0 Å². The number of unbranched alkanes of at least 4 members (excludes halogenated alkanes) is 1. The molecule has 0 radical (unpaired) electrons. The molecule has 16 heavy (non-hydrogen) atoms.